The molecule has 4 rings (SSSR count). The van der Waals surface area contributed by atoms with Crippen molar-refractivity contribution in [2.75, 3.05) is 6.54 Å². The number of hydrogen-bond donors (Lipinski definition) is 1. The van der Waals surface area contributed by atoms with Gasteiger partial charge in [-0.2, -0.15) is 0 Å². The molecule has 0 radical (unpaired) electrons. The van der Waals surface area contributed by atoms with E-state index >= 15 is 0 Å². The molecule has 2 aromatic carbocycles. The second-order valence-corrected chi connectivity index (χ2v) is 8.09. The Bertz CT molecular complexity index is 1130. The van der Waals surface area contributed by atoms with Crippen LogP contribution in [0, 0.1) is 5.82 Å². The molecule has 1 saturated heterocycles. The number of aromatic nitrogens is 1. The number of benzene rings is 2. The van der Waals surface area contributed by atoms with Gasteiger partial charge in [-0.15, -0.1) is 0 Å². The maximum atomic E-state index is 13.4. The number of carbonyl (C=O) groups is 2. The van der Waals surface area contributed by atoms with Gasteiger partial charge in [-0.05, 0) is 66.4 Å². The van der Waals surface area contributed by atoms with E-state index in [1.54, 1.807) is 42.6 Å². The molecule has 1 aromatic heterocycles. The lowest BCUT2D eigenvalue weighted by molar-refractivity contribution is -0.119. The van der Waals surface area contributed by atoms with E-state index in [0.29, 0.717) is 31.0 Å². The number of amides is 2. The zero-order valence-corrected chi connectivity index (χ0v) is 18.5. The Hall–Kier alpha value is -3.74. The summed E-state index contributed by atoms with van der Waals surface area (Å²) in [6.07, 6.45) is 3.51. The average molecular weight is 448 g/mol. The molecule has 2 heterocycles. The lowest BCUT2D eigenvalue weighted by Crippen LogP contribution is -2.30. The van der Waals surface area contributed by atoms with E-state index in [0.717, 1.165) is 29.7 Å². The van der Waals surface area contributed by atoms with E-state index in [-0.39, 0.29) is 23.7 Å². The van der Waals surface area contributed by atoms with Gasteiger partial charge in [-0.3, -0.25) is 14.6 Å². The number of likely N-dealkylation sites (tertiary alicyclic amines) is 1. The number of nitrogens with zero attached hydrogens (tertiary/aromatic N) is 2. The summed E-state index contributed by atoms with van der Waals surface area (Å²) in [4.78, 5) is 30.8. The van der Waals surface area contributed by atoms with Crippen LogP contribution in [-0.2, 0) is 17.9 Å². The molecule has 1 unspecified atom stereocenters. The van der Waals surface area contributed by atoms with Gasteiger partial charge >= 0.3 is 0 Å². The summed E-state index contributed by atoms with van der Waals surface area (Å²) in [5.74, 6) is 0.136. The summed E-state index contributed by atoms with van der Waals surface area (Å²) in [5, 5.41) is 2.76. The maximum Gasteiger partial charge on any atom is 0.254 e. The largest absolute Gasteiger partial charge is 0.489 e. The van der Waals surface area contributed by atoms with Crippen LogP contribution in [0.5, 0.6) is 5.75 Å². The van der Waals surface area contributed by atoms with Gasteiger partial charge in [0.25, 0.3) is 5.91 Å². The summed E-state index contributed by atoms with van der Waals surface area (Å²) in [7, 11) is 0. The predicted octanol–water partition coefficient (Wildman–Crippen LogP) is 4.41. The molecule has 1 aliphatic heterocycles. The Labute approximate surface area is 192 Å². The fourth-order valence-corrected chi connectivity index (χ4v) is 4.00. The van der Waals surface area contributed by atoms with Crippen molar-refractivity contribution in [1.29, 1.82) is 0 Å². The molecule has 0 bridgehead atoms. The van der Waals surface area contributed by atoms with Gasteiger partial charge in [0.05, 0.1) is 18.3 Å². The van der Waals surface area contributed by atoms with Crippen LogP contribution in [-0.4, -0.2) is 28.2 Å². The predicted molar refractivity (Wildman–Crippen MR) is 122 cm³/mol. The van der Waals surface area contributed by atoms with Gasteiger partial charge in [-0.25, -0.2) is 4.39 Å². The number of halogens is 1. The first-order chi connectivity index (χ1) is 16.0. The van der Waals surface area contributed by atoms with Crippen LogP contribution in [0.25, 0.3) is 0 Å². The summed E-state index contributed by atoms with van der Waals surface area (Å²) in [6, 6.07) is 17.1. The van der Waals surface area contributed by atoms with Crippen LogP contribution >= 0.6 is 0 Å². The minimum absolute atomic E-state index is 0.0413. The van der Waals surface area contributed by atoms with Crippen molar-refractivity contribution >= 4 is 11.8 Å². The average Bonchev–Trinajstić information content (AvgIpc) is 3.32. The standard InChI is InChI=1S/C26H26FN3O3/c1-18(31)29-16-23-14-20(11-12-28-23)25-6-3-13-30(25)26(32)21-4-2-5-24(15-21)33-17-19-7-9-22(27)10-8-19/h2,4-5,7-12,14-15,25H,3,6,13,16-17H2,1H3,(H,29,31). The molecular formula is C26H26FN3O3. The van der Waals surface area contributed by atoms with Crippen LogP contribution in [0.2, 0.25) is 0 Å². The van der Waals surface area contributed by atoms with Crippen molar-refractivity contribution in [2.45, 2.75) is 39.0 Å². The molecule has 0 saturated carbocycles. The number of ether oxygens (including phenoxy) is 1. The third kappa shape index (κ3) is 5.74. The Balaban J connectivity index is 1.46. The molecule has 0 aliphatic carbocycles. The monoisotopic (exact) mass is 447 g/mol. The van der Waals surface area contributed by atoms with Crippen molar-refractivity contribution in [3.05, 3.63) is 95.1 Å². The van der Waals surface area contributed by atoms with Gasteiger partial charge in [0.2, 0.25) is 5.91 Å². The molecule has 7 heteroatoms. The van der Waals surface area contributed by atoms with E-state index in [1.807, 2.05) is 17.0 Å². The Kier molecular flexibility index (Phi) is 6.98. The molecule has 0 spiro atoms. The third-order valence-electron chi connectivity index (χ3n) is 5.66. The van der Waals surface area contributed by atoms with E-state index in [9.17, 15) is 14.0 Å². The van der Waals surface area contributed by atoms with Crippen molar-refractivity contribution in [1.82, 2.24) is 15.2 Å². The minimum atomic E-state index is -0.289. The zero-order valence-electron chi connectivity index (χ0n) is 18.5. The summed E-state index contributed by atoms with van der Waals surface area (Å²) < 4.78 is 18.9. The summed E-state index contributed by atoms with van der Waals surface area (Å²) >= 11 is 0. The number of nitrogens with one attached hydrogen (secondary N) is 1. The van der Waals surface area contributed by atoms with Crippen molar-refractivity contribution < 1.29 is 18.7 Å². The second kappa shape index (κ2) is 10.3. The van der Waals surface area contributed by atoms with Crippen LogP contribution in [0.15, 0.2) is 66.9 Å². The SMILES string of the molecule is CC(=O)NCc1cc(C2CCCN2C(=O)c2cccc(OCc3ccc(F)cc3)c2)ccn1. The highest BCUT2D eigenvalue weighted by atomic mass is 19.1. The first-order valence-electron chi connectivity index (χ1n) is 11.0. The Morgan fingerprint density at radius 2 is 1.97 bits per heavy atom. The lowest BCUT2D eigenvalue weighted by atomic mass is 10.0. The quantitative estimate of drug-likeness (QED) is 0.582. The number of pyridine rings is 1. The smallest absolute Gasteiger partial charge is 0.254 e. The zero-order chi connectivity index (χ0) is 23.2. The van der Waals surface area contributed by atoms with Crippen LogP contribution in [0.3, 0.4) is 0 Å². The van der Waals surface area contributed by atoms with E-state index in [4.69, 9.17) is 4.74 Å². The molecule has 1 N–H and O–H groups in total. The van der Waals surface area contributed by atoms with Gasteiger partial charge in [0.15, 0.2) is 0 Å². The summed E-state index contributed by atoms with van der Waals surface area (Å²) in [6.45, 7) is 2.79. The topological polar surface area (TPSA) is 71.5 Å². The number of hydrogen-bond acceptors (Lipinski definition) is 4. The lowest BCUT2D eigenvalue weighted by Gasteiger charge is -2.25. The highest BCUT2D eigenvalue weighted by Gasteiger charge is 2.31. The molecule has 33 heavy (non-hydrogen) atoms. The van der Waals surface area contributed by atoms with Gasteiger partial charge in [0, 0.05) is 25.2 Å². The van der Waals surface area contributed by atoms with Gasteiger partial charge in [0.1, 0.15) is 18.2 Å². The fourth-order valence-electron chi connectivity index (χ4n) is 4.00. The summed E-state index contributed by atoms with van der Waals surface area (Å²) in [5.41, 5.74) is 3.18. The first-order valence-corrected chi connectivity index (χ1v) is 11.0. The molecule has 3 aromatic rings. The van der Waals surface area contributed by atoms with Crippen LogP contribution in [0.4, 0.5) is 4.39 Å². The highest BCUT2D eigenvalue weighted by Crippen LogP contribution is 2.33. The Morgan fingerprint density at radius 1 is 1.15 bits per heavy atom. The number of rotatable bonds is 7. The third-order valence-corrected chi connectivity index (χ3v) is 5.66. The highest BCUT2D eigenvalue weighted by molar-refractivity contribution is 5.95. The molecular weight excluding hydrogens is 421 g/mol. The molecule has 6 nitrogen and oxygen atoms in total. The molecule has 1 fully saturated rings. The second-order valence-electron chi connectivity index (χ2n) is 8.09. The molecule has 1 aliphatic rings. The van der Waals surface area contributed by atoms with Crippen molar-refractivity contribution in [2.24, 2.45) is 0 Å². The normalized spacial score (nSPS) is 15.3. The minimum Gasteiger partial charge on any atom is -0.489 e. The van der Waals surface area contributed by atoms with E-state index < -0.39 is 0 Å². The van der Waals surface area contributed by atoms with Crippen LogP contribution < -0.4 is 10.1 Å². The van der Waals surface area contributed by atoms with Crippen molar-refractivity contribution in [3.63, 3.8) is 0 Å². The maximum absolute atomic E-state index is 13.4. The van der Waals surface area contributed by atoms with Gasteiger partial charge in [-0.1, -0.05) is 18.2 Å². The van der Waals surface area contributed by atoms with Crippen LogP contribution in [0.1, 0.15) is 53.0 Å². The molecule has 170 valence electrons. The molecule has 2 amide bonds. The first kappa shape index (κ1) is 22.5. The number of carbonyl (C=O) groups excluding carboxylic acids is 2. The fraction of sp³-hybridized carbons (Fsp3) is 0.269. The van der Waals surface area contributed by atoms with E-state index in [1.165, 1.54) is 19.1 Å². The van der Waals surface area contributed by atoms with Crippen molar-refractivity contribution in [3.8, 4) is 5.75 Å². The van der Waals surface area contributed by atoms with E-state index in [2.05, 4.69) is 10.3 Å². The molecule has 1 atom stereocenters. The van der Waals surface area contributed by atoms with Gasteiger partial charge < -0.3 is 15.0 Å². The Morgan fingerprint density at radius 3 is 2.76 bits per heavy atom.